The molecule has 92 valence electrons. The summed E-state index contributed by atoms with van der Waals surface area (Å²) in [7, 11) is 0. The van der Waals surface area contributed by atoms with Crippen LogP contribution in [0.2, 0.25) is 0 Å². The molecule has 0 aliphatic carbocycles. The second-order valence-corrected chi connectivity index (χ2v) is 4.56. The molecular formula is C14H15N3O. The van der Waals surface area contributed by atoms with E-state index in [1.165, 1.54) is 5.69 Å². The zero-order valence-corrected chi connectivity index (χ0v) is 10.1. The number of hydrogen-bond donors (Lipinski definition) is 1. The minimum Gasteiger partial charge on any atom is -0.348 e. The highest BCUT2D eigenvalue weighted by molar-refractivity contribution is 5.79. The molecule has 2 aromatic rings. The molecule has 3 rings (SSSR count). The fraction of sp³-hybridized carbons (Fsp3) is 0.286. The fourth-order valence-electron chi connectivity index (χ4n) is 2.30. The number of fused-ring (bicyclic) bond motifs is 1. The molecular weight excluding hydrogens is 226 g/mol. The largest absolute Gasteiger partial charge is 0.348 e. The number of imidazole rings is 1. The second kappa shape index (κ2) is 4.64. The number of nitrogens with one attached hydrogen (secondary N) is 1. The SMILES string of the molecule is O=C(Cc1ccccc1)N1CCc2[nH]cnc2C1. The molecule has 0 atom stereocenters. The van der Waals surface area contributed by atoms with Gasteiger partial charge in [-0.2, -0.15) is 0 Å². The van der Waals surface area contributed by atoms with Crippen molar-refractivity contribution in [3.63, 3.8) is 0 Å². The van der Waals surface area contributed by atoms with E-state index in [0.29, 0.717) is 13.0 Å². The summed E-state index contributed by atoms with van der Waals surface area (Å²) in [6.45, 7) is 1.41. The molecule has 0 saturated carbocycles. The highest BCUT2D eigenvalue weighted by Crippen LogP contribution is 2.15. The number of hydrogen-bond acceptors (Lipinski definition) is 2. The summed E-state index contributed by atoms with van der Waals surface area (Å²) in [4.78, 5) is 21.4. The van der Waals surface area contributed by atoms with Crippen molar-refractivity contribution in [3.8, 4) is 0 Å². The van der Waals surface area contributed by atoms with Gasteiger partial charge in [0.25, 0.3) is 0 Å². The molecule has 1 amide bonds. The topological polar surface area (TPSA) is 49.0 Å². The van der Waals surface area contributed by atoms with E-state index in [-0.39, 0.29) is 5.91 Å². The lowest BCUT2D eigenvalue weighted by molar-refractivity contribution is -0.131. The number of aromatic amines is 1. The predicted molar refractivity (Wildman–Crippen MR) is 67.9 cm³/mol. The van der Waals surface area contributed by atoms with Crippen LogP contribution in [0.15, 0.2) is 36.7 Å². The molecule has 0 spiro atoms. The molecule has 1 N–H and O–H groups in total. The summed E-state index contributed by atoms with van der Waals surface area (Å²) >= 11 is 0. The third kappa shape index (κ3) is 2.14. The number of rotatable bonds is 2. The first-order chi connectivity index (χ1) is 8.83. The maximum Gasteiger partial charge on any atom is 0.227 e. The monoisotopic (exact) mass is 241 g/mol. The maximum atomic E-state index is 12.2. The summed E-state index contributed by atoms with van der Waals surface area (Å²) in [5.74, 6) is 0.176. The summed E-state index contributed by atoms with van der Waals surface area (Å²) in [6.07, 6.45) is 3.05. The molecule has 4 nitrogen and oxygen atoms in total. The van der Waals surface area contributed by atoms with Gasteiger partial charge in [-0.05, 0) is 5.56 Å². The Morgan fingerprint density at radius 2 is 2.17 bits per heavy atom. The Kier molecular flexibility index (Phi) is 2.84. The first kappa shape index (κ1) is 11.0. The van der Waals surface area contributed by atoms with Crippen LogP contribution in [-0.2, 0) is 24.2 Å². The summed E-state index contributed by atoms with van der Waals surface area (Å²) in [6, 6.07) is 9.86. The van der Waals surface area contributed by atoms with Crippen LogP contribution >= 0.6 is 0 Å². The van der Waals surface area contributed by atoms with Crippen LogP contribution in [0.25, 0.3) is 0 Å². The van der Waals surface area contributed by atoms with E-state index >= 15 is 0 Å². The summed E-state index contributed by atoms with van der Waals surface area (Å²) in [5, 5.41) is 0. The number of nitrogens with zero attached hydrogens (tertiary/aromatic N) is 2. The van der Waals surface area contributed by atoms with Crippen molar-refractivity contribution in [2.75, 3.05) is 6.54 Å². The van der Waals surface area contributed by atoms with Crippen molar-refractivity contribution < 1.29 is 4.79 Å². The zero-order valence-electron chi connectivity index (χ0n) is 10.1. The molecule has 2 heterocycles. The van der Waals surface area contributed by atoms with Crippen molar-refractivity contribution in [1.82, 2.24) is 14.9 Å². The van der Waals surface area contributed by atoms with E-state index in [1.807, 2.05) is 35.2 Å². The van der Waals surface area contributed by atoms with Crippen molar-refractivity contribution in [2.24, 2.45) is 0 Å². The molecule has 0 bridgehead atoms. The van der Waals surface area contributed by atoms with Gasteiger partial charge in [0.1, 0.15) is 0 Å². The number of aromatic nitrogens is 2. The molecule has 18 heavy (non-hydrogen) atoms. The van der Waals surface area contributed by atoms with E-state index in [4.69, 9.17) is 0 Å². The first-order valence-electron chi connectivity index (χ1n) is 6.16. The van der Waals surface area contributed by atoms with Crippen molar-refractivity contribution in [2.45, 2.75) is 19.4 Å². The second-order valence-electron chi connectivity index (χ2n) is 4.56. The van der Waals surface area contributed by atoms with Crippen LogP contribution in [0.1, 0.15) is 17.0 Å². The number of amides is 1. The van der Waals surface area contributed by atoms with Gasteiger partial charge in [0.2, 0.25) is 5.91 Å². The Labute approximate surface area is 106 Å². The van der Waals surface area contributed by atoms with Gasteiger partial charge in [-0.3, -0.25) is 4.79 Å². The number of carbonyl (C=O) groups is 1. The molecule has 1 aromatic heterocycles. The molecule has 0 radical (unpaired) electrons. The highest BCUT2D eigenvalue weighted by Gasteiger charge is 2.22. The summed E-state index contributed by atoms with van der Waals surface area (Å²) in [5.41, 5.74) is 3.23. The lowest BCUT2D eigenvalue weighted by Gasteiger charge is -2.26. The maximum absolute atomic E-state index is 12.2. The Balaban J connectivity index is 1.68. The van der Waals surface area contributed by atoms with E-state index in [0.717, 1.165) is 24.2 Å². The van der Waals surface area contributed by atoms with Gasteiger partial charge in [0, 0.05) is 18.7 Å². The fourth-order valence-corrected chi connectivity index (χ4v) is 2.30. The Morgan fingerprint density at radius 3 is 3.00 bits per heavy atom. The number of benzene rings is 1. The molecule has 1 aliphatic rings. The Bertz CT molecular complexity index is 547. The molecule has 0 unspecified atom stereocenters. The van der Waals surface area contributed by atoms with Gasteiger partial charge >= 0.3 is 0 Å². The third-order valence-corrected chi connectivity index (χ3v) is 3.33. The first-order valence-corrected chi connectivity index (χ1v) is 6.16. The Morgan fingerprint density at radius 1 is 1.33 bits per heavy atom. The van der Waals surface area contributed by atoms with Crippen molar-refractivity contribution in [3.05, 3.63) is 53.6 Å². The predicted octanol–water partition coefficient (Wildman–Crippen LogP) is 1.54. The average molecular weight is 241 g/mol. The highest BCUT2D eigenvalue weighted by atomic mass is 16.2. The molecule has 4 heteroatoms. The van der Waals surface area contributed by atoms with Gasteiger partial charge in [0.15, 0.2) is 0 Å². The van der Waals surface area contributed by atoms with E-state index in [1.54, 1.807) is 6.33 Å². The van der Waals surface area contributed by atoms with Crippen molar-refractivity contribution >= 4 is 5.91 Å². The average Bonchev–Trinajstić information content (AvgIpc) is 2.87. The van der Waals surface area contributed by atoms with Gasteiger partial charge in [-0.25, -0.2) is 4.98 Å². The summed E-state index contributed by atoms with van der Waals surface area (Å²) < 4.78 is 0. The Hall–Kier alpha value is -2.10. The van der Waals surface area contributed by atoms with Crippen LogP contribution in [0.4, 0.5) is 0 Å². The van der Waals surface area contributed by atoms with Gasteiger partial charge < -0.3 is 9.88 Å². The minimum atomic E-state index is 0.176. The smallest absolute Gasteiger partial charge is 0.227 e. The normalized spacial score (nSPS) is 14.3. The standard InChI is InChI=1S/C14H15N3O/c18-14(8-11-4-2-1-3-5-11)17-7-6-12-13(9-17)16-10-15-12/h1-5,10H,6-9H2,(H,15,16). The van der Waals surface area contributed by atoms with E-state index < -0.39 is 0 Å². The van der Waals surface area contributed by atoms with E-state index in [2.05, 4.69) is 9.97 Å². The molecule has 0 saturated heterocycles. The lowest BCUT2D eigenvalue weighted by Crippen LogP contribution is -2.37. The van der Waals surface area contributed by atoms with Crippen LogP contribution < -0.4 is 0 Å². The van der Waals surface area contributed by atoms with E-state index in [9.17, 15) is 4.79 Å². The minimum absolute atomic E-state index is 0.176. The molecule has 1 aromatic carbocycles. The quantitative estimate of drug-likeness (QED) is 0.867. The lowest BCUT2D eigenvalue weighted by atomic mass is 10.1. The van der Waals surface area contributed by atoms with Crippen LogP contribution in [-0.4, -0.2) is 27.3 Å². The van der Waals surface area contributed by atoms with Gasteiger partial charge in [-0.15, -0.1) is 0 Å². The van der Waals surface area contributed by atoms with Crippen molar-refractivity contribution in [1.29, 1.82) is 0 Å². The number of H-pyrrole nitrogens is 1. The number of carbonyl (C=O) groups excluding carboxylic acids is 1. The van der Waals surface area contributed by atoms with Gasteiger partial charge in [-0.1, -0.05) is 30.3 Å². The molecule has 0 fully saturated rings. The van der Waals surface area contributed by atoms with Crippen LogP contribution in [0, 0.1) is 0 Å². The van der Waals surface area contributed by atoms with Gasteiger partial charge in [0.05, 0.1) is 25.0 Å². The third-order valence-electron chi connectivity index (χ3n) is 3.33. The van der Waals surface area contributed by atoms with Crippen LogP contribution in [0.5, 0.6) is 0 Å². The molecule has 1 aliphatic heterocycles. The van der Waals surface area contributed by atoms with Crippen LogP contribution in [0.3, 0.4) is 0 Å². The zero-order chi connectivity index (χ0) is 12.4.